The van der Waals surface area contributed by atoms with Crippen LogP contribution in [0.25, 0.3) is 0 Å². The SMILES string of the molecule is COC1C[C@H](CO)N(C(=O)OC(C)(C)C)C1. The van der Waals surface area contributed by atoms with Crippen molar-refractivity contribution in [1.82, 2.24) is 4.90 Å². The molecule has 0 spiro atoms. The topological polar surface area (TPSA) is 59.0 Å². The summed E-state index contributed by atoms with van der Waals surface area (Å²) in [6.45, 7) is 5.89. The van der Waals surface area contributed by atoms with Gasteiger partial charge in [0.2, 0.25) is 0 Å². The van der Waals surface area contributed by atoms with Crippen molar-refractivity contribution in [3.8, 4) is 0 Å². The predicted molar refractivity (Wildman–Crippen MR) is 59.2 cm³/mol. The number of aliphatic hydroxyl groups is 1. The Kier molecular flexibility index (Phi) is 4.15. The lowest BCUT2D eigenvalue weighted by Crippen LogP contribution is -2.41. The first-order valence-electron chi connectivity index (χ1n) is 5.50. The van der Waals surface area contributed by atoms with Crippen molar-refractivity contribution in [2.75, 3.05) is 20.3 Å². The number of carbonyl (C=O) groups is 1. The van der Waals surface area contributed by atoms with E-state index in [-0.39, 0.29) is 24.8 Å². The monoisotopic (exact) mass is 231 g/mol. The van der Waals surface area contributed by atoms with E-state index >= 15 is 0 Å². The van der Waals surface area contributed by atoms with Crippen LogP contribution in [-0.2, 0) is 9.47 Å². The smallest absolute Gasteiger partial charge is 0.410 e. The van der Waals surface area contributed by atoms with E-state index in [4.69, 9.17) is 9.47 Å². The second-order valence-corrected chi connectivity index (χ2v) is 5.06. The summed E-state index contributed by atoms with van der Waals surface area (Å²) >= 11 is 0. The van der Waals surface area contributed by atoms with Crippen LogP contribution in [0.1, 0.15) is 27.2 Å². The maximum absolute atomic E-state index is 11.8. The molecule has 94 valence electrons. The van der Waals surface area contributed by atoms with Gasteiger partial charge in [0.25, 0.3) is 0 Å². The number of methoxy groups -OCH3 is 1. The van der Waals surface area contributed by atoms with E-state index in [1.54, 1.807) is 12.0 Å². The maximum atomic E-state index is 11.8. The third kappa shape index (κ3) is 3.35. The Morgan fingerprint density at radius 2 is 2.12 bits per heavy atom. The molecule has 0 bridgehead atoms. The first-order chi connectivity index (χ1) is 7.37. The highest BCUT2D eigenvalue weighted by Gasteiger charge is 2.37. The Labute approximate surface area is 96.3 Å². The van der Waals surface area contributed by atoms with Crippen LogP contribution >= 0.6 is 0 Å². The van der Waals surface area contributed by atoms with Gasteiger partial charge in [-0.2, -0.15) is 0 Å². The van der Waals surface area contributed by atoms with Crippen molar-refractivity contribution in [2.45, 2.75) is 44.9 Å². The molecule has 1 rings (SSSR count). The number of carbonyl (C=O) groups excluding carboxylic acids is 1. The van der Waals surface area contributed by atoms with Gasteiger partial charge >= 0.3 is 6.09 Å². The number of ether oxygens (including phenoxy) is 2. The molecule has 0 aromatic rings. The second kappa shape index (κ2) is 5.01. The van der Waals surface area contributed by atoms with Gasteiger partial charge in [0, 0.05) is 7.11 Å². The van der Waals surface area contributed by atoms with E-state index in [2.05, 4.69) is 0 Å². The number of likely N-dealkylation sites (tertiary alicyclic amines) is 1. The van der Waals surface area contributed by atoms with Crippen molar-refractivity contribution in [2.24, 2.45) is 0 Å². The fourth-order valence-electron chi connectivity index (χ4n) is 1.76. The fraction of sp³-hybridized carbons (Fsp3) is 0.909. The van der Waals surface area contributed by atoms with Crippen LogP contribution in [0.5, 0.6) is 0 Å². The van der Waals surface area contributed by atoms with Crippen molar-refractivity contribution < 1.29 is 19.4 Å². The minimum absolute atomic E-state index is 0.00957. The van der Waals surface area contributed by atoms with E-state index in [0.29, 0.717) is 13.0 Å². The summed E-state index contributed by atoms with van der Waals surface area (Å²) < 4.78 is 10.5. The predicted octanol–water partition coefficient (Wildman–Crippen LogP) is 1.00. The van der Waals surface area contributed by atoms with Crippen LogP contribution < -0.4 is 0 Å². The molecule has 1 heterocycles. The lowest BCUT2D eigenvalue weighted by molar-refractivity contribution is 0.0154. The molecule has 16 heavy (non-hydrogen) atoms. The molecule has 0 saturated carbocycles. The number of hydrogen-bond acceptors (Lipinski definition) is 4. The van der Waals surface area contributed by atoms with Gasteiger partial charge in [-0.05, 0) is 27.2 Å². The molecule has 1 amide bonds. The zero-order chi connectivity index (χ0) is 12.3. The average Bonchev–Trinajstić information content (AvgIpc) is 2.58. The summed E-state index contributed by atoms with van der Waals surface area (Å²) in [4.78, 5) is 13.4. The molecular formula is C11H21NO4. The normalized spacial score (nSPS) is 25.9. The van der Waals surface area contributed by atoms with Crippen LogP contribution in [0.3, 0.4) is 0 Å². The Hall–Kier alpha value is -0.810. The molecular weight excluding hydrogens is 210 g/mol. The van der Waals surface area contributed by atoms with Gasteiger partial charge in [0.15, 0.2) is 0 Å². The zero-order valence-corrected chi connectivity index (χ0v) is 10.4. The van der Waals surface area contributed by atoms with E-state index in [9.17, 15) is 9.90 Å². The molecule has 1 aliphatic heterocycles. The zero-order valence-electron chi connectivity index (χ0n) is 10.4. The van der Waals surface area contributed by atoms with Crippen LogP contribution in [0.15, 0.2) is 0 Å². The number of hydrogen-bond donors (Lipinski definition) is 1. The number of aliphatic hydroxyl groups excluding tert-OH is 1. The van der Waals surface area contributed by atoms with E-state index in [0.717, 1.165) is 0 Å². The highest BCUT2D eigenvalue weighted by Crippen LogP contribution is 2.22. The van der Waals surface area contributed by atoms with Crippen LogP contribution in [0, 0.1) is 0 Å². The summed E-state index contributed by atoms with van der Waals surface area (Å²) in [7, 11) is 1.61. The molecule has 0 aliphatic carbocycles. The minimum atomic E-state index is -0.512. The summed E-state index contributed by atoms with van der Waals surface area (Å²) in [5, 5.41) is 9.19. The Bertz CT molecular complexity index is 249. The van der Waals surface area contributed by atoms with Gasteiger partial charge in [-0.1, -0.05) is 0 Å². The first-order valence-corrected chi connectivity index (χ1v) is 5.50. The highest BCUT2D eigenvalue weighted by atomic mass is 16.6. The van der Waals surface area contributed by atoms with Gasteiger partial charge in [-0.25, -0.2) is 4.79 Å². The van der Waals surface area contributed by atoms with Crippen molar-refractivity contribution in [1.29, 1.82) is 0 Å². The maximum Gasteiger partial charge on any atom is 0.410 e. The molecule has 1 fully saturated rings. The quantitative estimate of drug-likeness (QED) is 0.770. The minimum Gasteiger partial charge on any atom is -0.444 e. The van der Waals surface area contributed by atoms with Gasteiger partial charge in [0.05, 0.1) is 25.3 Å². The van der Waals surface area contributed by atoms with Crippen molar-refractivity contribution >= 4 is 6.09 Å². The fourth-order valence-corrected chi connectivity index (χ4v) is 1.76. The molecule has 0 aromatic heterocycles. The van der Waals surface area contributed by atoms with Crippen molar-refractivity contribution in [3.05, 3.63) is 0 Å². The third-order valence-corrected chi connectivity index (χ3v) is 2.55. The van der Waals surface area contributed by atoms with E-state index < -0.39 is 5.60 Å². The number of nitrogens with zero attached hydrogens (tertiary/aromatic N) is 1. The Morgan fingerprint density at radius 3 is 2.56 bits per heavy atom. The highest BCUT2D eigenvalue weighted by molar-refractivity contribution is 5.69. The van der Waals surface area contributed by atoms with E-state index in [1.807, 2.05) is 20.8 Å². The molecule has 2 atom stereocenters. The first kappa shape index (κ1) is 13.3. The van der Waals surface area contributed by atoms with Crippen molar-refractivity contribution in [3.63, 3.8) is 0 Å². The van der Waals surface area contributed by atoms with Gasteiger partial charge in [-0.3, -0.25) is 0 Å². The lowest BCUT2D eigenvalue weighted by atomic mass is 10.2. The number of amides is 1. The van der Waals surface area contributed by atoms with Crippen LogP contribution in [0.4, 0.5) is 4.79 Å². The average molecular weight is 231 g/mol. The van der Waals surface area contributed by atoms with Crippen LogP contribution in [-0.4, -0.2) is 54.1 Å². The summed E-state index contributed by atoms with van der Waals surface area (Å²) in [6.07, 6.45) is 0.266. The standard InChI is InChI=1S/C11H21NO4/c1-11(2,3)16-10(14)12-6-9(15-4)5-8(12)7-13/h8-9,13H,5-7H2,1-4H3/t8-,9?/m1/s1. The Balaban J connectivity index is 2.61. The molecule has 0 radical (unpaired) electrons. The molecule has 1 N–H and O–H groups in total. The lowest BCUT2D eigenvalue weighted by Gasteiger charge is -2.27. The molecule has 0 aromatic carbocycles. The molecule has 5 nitrogen and oxygen atoms in total. The molecule has 1 unspecified atom stereocenters. The molecule has 1 saturated heterocycles. The number of rotatable bonds is 2. The summed E-state index contributed by atoms with van der Waals surface area (Å²) in [5.41, 5.74) is -0.512. The van der Waals surface area contributed by atoms with Crippen LogP contribution in [0.2, 0.25) is 0 Å². The van der Waals surface area contributed by atoms with Gasteiger partial charge in [0.1, 0.15) is 5.60 Å². The second-order valence-electron chi connectivity index (χ2n) is 5.06. The third-order valence-electron chi connectivity index (χ3n) is 2.55. The Morgan fingerprint density at radius 1 is 1.50 bits per heavy atom. The molecule has 5 heteroatoms. The summed E-state index contributed by atoms with van der Waals surface area (Å²) in [5.74, 6) is 0. The van der Waals surface area contributed by atoms with Gasteiger partial charge in [-0.15, -0.1) is 0 Å². The van der Waals surface area contributed by atoms with E-state index in [1.165, 1.54) is 0 Å². The van der Waals surface area contributed by atoms with Gasteiger partial charge < -0.3 is 19.5 Å². The summed E-state index contributed by atoms with van der Waals surface area (Å²) in [6, 6.07) is -0.195. The molecule has 1 aliphatic rings. The largest absolute Gasteiger partial charge is 0.444 e.